The van der Waals surface area contributed by atoms with Crippen LogP contribution in [0.25, 0.3) is 0 Å². The summed E-state index contributed by atoms with van der Waals surface area (Å²) in [5, 5.41) is 0. The zero-order chi connectivity index (χ0) is 16.9. The Balaban J connectivity index is 6.03. The van der Waals surface area contributed by atoms with Gasteiger partial charge in [-0.25, -0.2) is 0 Å². The van der Waals surface area contributed by atoms with Crippen LogP contribution in [0.1, 0.15) is 0 Å². The topological polar surface area (TPSA) is 0 Å². The predicted molar refractivity (Wildman–Crippen MR) is 106 cm³/mol. The van der Waals surface area contributed by atoms with Crippen molar-refractivity contribution in [3.63, 3.8) is 0 Å². The number of hydrogen-bond donors (Lipinski definition) is 0. The molecule has 0 saturated carbocycles. The minimum absolute atomic E-state index is 0.652. The molecule has 0 amide bonds. The van der Waals surface area contributed by atoms with E-state index in [-0.39, 0.29) is 0 Å². The fourth-order valence-electron chi connectivity index (χ4n) is 1.11. The van der Waals surface area contributed by atoms with Crippen molar-refractivity contribution in [2.45, 2.75) is 58.9 Å². The molecule has 0 spiro atoms. The predicted octanol–water partition coefficient (Wildman–Crippen LogP) is 4.80. The van der Waals surface area contributed by atoms with Crippen LogP contribution in [0.15, 0.2) is 12.7 Å². The van der Waals surface area contributed by atoms with Crippen molar-refractivity contribution >= 4 is 24.2 Å². The number of allylic oxidation sites excluding steroid dienone is 1. The molecule has 3 heteroatoms. The molecule has 0 heterocycles. The monoisotopic (exact) mass is 330 g/mol. The largest absolute Gasteiger partial charge is 0.168 e. The van der Waals surface area contributed by atoms with Crippen LogP contribution in [0, 0.1) is 39.8 Å². The van der Waals surface area contributed by atoms with E-state index in [4.69, 9.17) is 0 Å². The first-order valence-electron chi connectivity index (χ1n) is 7.45. The van der Waals surface area contributed by atoms with Gasteiger partial charge in [0.1, 0.15) is 24.2 Å². The zero-order valence-electron chi connectivity index (χ0n) is 15.3. The van der Waals surface area contributed by atoms with E-state index in [1.54, 1.807) is 0 Å². The van der Waals surface area contributed by atoms with E-state index in [2.05, 4.69) is 99.9 Å². The number of rotatable bonds is 1. The van der Waals surface area contributed by atoms with Crippen molar-refractivity contribution in [1.29, 1.82) is 0 Å². The molecule has 0 aromatic rings. The molecule has 0 N–H and O–H groups in total. The maximum Gasteiger partial charge on any atom is 0.168 e. The van der Waals surface area contributed by atoms with Gasteiger partial charge in [0, 0.05) is 0 Å². The summed E-state index contributed by atoms with van der Waals surface area (Å²) in [4.78, 5) is 0. The standard InChI is InChI=1S/C18H30Si3/c1-11-18(12-15-19(2,3)4,13-16-20(5,6)7)14-17-21(8,9)10/h11H,1H2,2-10H3. The summed E-state index contributed by atoms with van der Waals surface area (Å²) < 4.78 is 0. The molecule has 0 fully saturated rings. The van der Waals surface area contributed by atoms with Gasteiger partial charge in [0.05, 0.1) is 0 Å². The van der Waals surface area contributed by atoms with Gasteiger partial charge in [-0.05, 0) is 6.08 Å². The highest BCUT2D eigenvalue weighted by Gasteiger charge is 2.22. The van der Waals surface area contributed by atoms with E-state index >= 15 is 0 Å². The number of hydrogen-bond acceptors (Lipinski definition) is 0. The van der Waals surface area contributed by atoms with Crippen LogP contribution in [0.2, 0.25) is 58.9 Å². The van der Waals surface area contributed by atoms with E-state index < -0.39 is 29.6 Å². The van der Waals surface area contributed by atoms with Crippen molar-refractivity contribution in [2.24, 2.45) is 5.41 Å². The summed E-state index contributed by atoms with van der Waals surface area (Å²) in [5.41, 5.74) is 9.64. The molecule has 21 heavy (non-hydrogen) atoms. The Kier molecular flexibility index (Phi) is 6.58. The van der Waals surface area contributed by atoms with Gasteiger partial charge in [0.25, 0.3) is 0 Å². The van der Waals surface area contributed by atoms with Crippen molar-refractivity contribution in [1.82, 2.24) is 0 Å². The van der Waals surface area contributed by atoms with Crippen LogP contribution in [0.4, 0.5) is 0 Å². The Hall–Kier alpha value is -0.929. The third-order valence-electron chi connectivity index (χ3n) is 2.21. The first-order valence-corrected chi connectivity index (χ1v) is 17.9. The molecule has 114 valence electrons. The third kappa shape index (κ3) is 10.4. The highest BCUT2D eigenvalue weighted by atomic mass is 28.3. The van der Waals surface area contributed by atoms with Gasteiger partial charge in [-0.2, -0.15) is 0 Å². The van der Waals surface area contributed by atoms with Gasteiger partial charge in [-0.15, -0.1) is 16.6 Å². The summed E-state index contributed by atoms with van der Waals surface area (Å²) >= 11 is 0. The Morgan fingerprint density at radius 3 is 1.00 bits per heavy atom. The van der Waals surface area contributed by atoms with Crippen LogP contribution in [0.3, 0.4) is 0 Å². The van der Waals surface area contributed by atoms with Crippen LogP contribution in [-0.4, -0.2) is 24.2 Å². The average molecular weight is 331 g/mol. The minimum Gasteiger partial charge on any atom is -0.129 e. The lowest BCUT2D eigenvalue weighted by atomic mass is 9.92. The third-order valence-corrected chi connectivity index (χ3v) is 4.84. The molecule has 0 aromatic heterocycles. The summed E-state index contributed by atoms with van der Waals surface area (Å²) in [6.07, 6.45) is 1.83. The normalized spacial score (nSPS) is 12.0. The van der Waals surface area contributed by atoms with Crippen LogP contribution in [-0.2, 0) is 0 Å². The SMILES string of the molecule is C=CC(C#C[Si](C)(C)C)(C#C[Si](C)(C)C)C#C[Si](C)(C)C. The van der Waals surface area contributed by atoms with Crippen molar-refractivity contribution in [3.05, 3.63) is 12.7 Å². The van der Waals surface area contributed by atoms with Gasteiger partial charge >= 0.3 is 0 Å². The second-order valence-electron chi connectivity index (χ2n) is 8.51. The van der Waals surface area contributed by atoms with Gasteiger partial charge < -0.3 is 0 Å². The maximum atomic E-state index is 3.97. The smallest absolute Gasteiger partial charge is 0.129 e. The Morgan fingerprint density at radius 2 is 0.857 bits per heavy atom. The highest BCUT2D eigenvalue weighted by molar-refractivity contribution is 6.84. The van der Waals surface area contributed by atoms with Crippen molar-refractivity contribution < 1.29 is 0 Å². The van der Waals surface area contributed by atoms with Gasteiger partial charge in [0.2, 0.25) is 0 Å². The highest BCUT2D eigenvalue weighted by Crippen LogP contribution is 2.18. The van der Waals surface area contributed by atoms with Gasteiger partial charge in [0.15, 0.2) is 5.41 Å². The summed E-state index contributed by atoms with van der Waals surface area (Å²) in [6.45, 7) is 24.2. The Labute approximate surface area is 135 Å². The van der Waals surface area contributed by atoms with E-state index in [0.29, 0.717) is 0 Å². The van der Waals surface area contributed by atoms with Crippen LogP contribution in [0.5, 0.6) is 0 Å². The van der Waals surface area contributed by atoms with E-state index in [9.17, 15) is 0 Å². The van der Waals surface area contributed by atoms with Crippen molar-refractivity contribution in [2.75, 3.05) is 0 Å². The molecule has 0 aliphatic rings. The van der Waals surface area contributed by atoms with E-state index in [1.165, 1.54) is 0 Å². The second-order valence-corrected chi connectivity index (χ2v) is 22.8. The van der Waals surface area contributed by atoms with E-state index in [0.717, 1.165) is 0 Å². The quantitative estimate of drug-likeness (QED) is 0.368. The van der Waals surface area contributed by atoms with Gasteiger partial charge in [-0.1, -0.05) is 83.3 Å². The zero-order valence-corrected chi connectivity index (χ0v) is 18.3. The summed E-state index contributed by atoms with van der Waals surface area (Å²) in [6, 6.07) is 0. The molecule has 0 aromatic carbocycles. The molecule has 0 saturated heterocycles. The first-order chi connectivity index (χ1) is 9.18. The maximum absolute atomic E-state index is 3.97. The fourth-order valence-corrected chi connectivity index (χ4v) is 2.82. The average Bonchev–Trinajstić information content (AvgIpc) is 2.25. The van der Waals surface area contributed by atoms with Crippen LogP contribution >= 0.6 is 0 Å². The molecular weight excluding hydrogens is 300 g/mol. The minimum atomic E-state index is -1.45. The lowest BCUT2D eigenvalue weighted by molar-refractivity contribution is 0.947. The first kappa shape index (κ1) is 20.1. The second kappa shape index (κ2) is 6.89. The lowest BCUT2D eigenvalue weighted by Gasteiger charge is -2.15. The molecule has 0 bridgehead atoms. The Morgan fingerprint density at radius 1 is 0.619 bits per heavy atom. The van der Waals surface area contributed by atoms with E-state index in [1.807, 2.05) is 6.08 Å². The molecule has 0 atom stereocenters. The summed E-state index contributed by atoms with van der Waals surface area (Å²) in [5.74, 6) is 10.1. The molecule has 0 nitrogen and oxygen atoms in total. The lowest BCUT2D eigenvalue weighted by Crippen LogP contribution is -2.23. The Bertz CT molecular complexity index is 480. The molecule has 0 rings (SSSR count). The molecule has 0 aliphatic carbocycles. The van der Waals surface area contributed by atoms with Crippen LogP contribution < -0.4 is 0 Å². The fraction of sp³-hybridized carbons (Fsp3) is 0.556. The molecule has 0 aliphatic heterocycles. The van der Waals surface area contributed by atoms with Gasteiger partial charge in [-0.3, -0.25) is 0 Å². The molecular formula is C18H30Si3. The van der Waals surface area contributed by atoms with Crippen molar-refractivity contribution in [3.8, 4) is 34.4 Å². The summed E-state index contributed by atoms with van der Waals surface area (Å²) in [7, 11) is -4.36. The molecule has 0 unspecified atom stereocenters. The molecule has 0 radical (unpaired) electrons.